The molecule has 1 aliphatic rings. The van der Waals surface area contributed by atoms with Crippen molar-refractivity contribution in [3.63, 3.8) is 0 Å². The van der Waals surface area contributed by atoms with Gasteiger partial charge in [-0.15, -0.1) is 0 Å². The van der Waals surface area contributed by atoms with Crippen molar-refractivity contribution in [2.45, 2.75) is 4.90 Å². The summed E-state index contributed by atoms with van der Waals surface area (Å²) in [7, 11) is -4.14. The first-order valence-corrected chi connectivity index (χ1v) is 7.22. The Morgan fingerprint density at radius 3 is 2.52 bits per heavy atom. The van der Waals surface area contributed by atoms with Crippen LogP contribution in [0.1, 0.15) is 0 Å². The predicted octanol–water partition coefficient (Wildman–Crippen LogP) is 0.0335. The molecule has 9 heteroatoms. The number of nitrogens with zero attached hydrogens (tertiary/aromatic N) is 1. The van der Waals surface area contributed by atoms with Gasteiger partial charge in [-0.3, -0.25) is 10.1 Å². The number of sulfonamides is 1. The van der Waals surface area contributed by atoms with E-state index in [9.17, 15) is 22.8 Å². The third-order valence-corrected chi connectivity index (χ3v) is 4.66. The number of imide groups is 1. The second kappa shape index (κ2) is 4.42. The molecular weight excluding hydrogens is 300 g/mol. The molecule has 1 aromatic heterocycles. The second-order valence-corrected chi connectivity index (χ2v) is 6.18. The molecule has 1 fully saturated rings. The number of urea groups is 1. The molecule has 108 valence electrons. The largest absolute Gasteiger partial charge is 0.423 e. The maximum atomic E-state index is 12.3. The number of carbonyl (C=O) groups is 2. The third kappa shape index (κ3) is 2.17. The average Bonchev–Trinajstić information content (AvgIpc) is 2.77. The summed E-state index contributed by atoms with van der Waals surface area (Å²) in [6.07, 6.45) is 0. The van der Waals surface area contributed by atoms with Crippen LogP contribution < -0.4 is 10.9 Å². The molecule has 2 heterocycles. The van der Waals surface area contributed by atoms with Crippen LogP contribution >= 0.6 is 0 Å². The van der Waals surface area contributed by atoms with E-state index in [0.29, 0.717) is 9.69 Å². The Labute approximate surface area is 118 Å². The molecule has 1 N–H and O–H groups in total. The number of rotatable bonds is 2. The fourth-order valence-electron chi connectivity index (χ4n) is 1.96. The van der Waals surface area contributed by atoms with Crippen LogP contribution in [0.3, 0.4) is 0 Å². The molecule has 2 aromatic rings. The topological polar surface area (TPSA) is 114 Å². The predicted molar refractivity (Wildman–Crippen MR) is 69.9 cm³/mol. The highest BCUT2D eigenvalue weighted by molar-refractivity contribution is 7.89. The molecule has 0 radical (unpaired) electrons. The molecule has 0 bridgehead atoms. The Kier molecular flexibility index (Phi) is 2.80. The molecule has 0 spiro atoms. The Morgan fingerprint density at radius 1 is 1.10 bits per heavy atom. The van der Waals surface area contributed by atoms with E-state index in [0.717, 1.165) is 6.07 Å². The first kappa shape index (κ1) is 13.3. The summed E-state index contributed by atoms with van der Waals surface area (Å²) in [5, 5.41) is 2.29. The lowest BCUT2D eigenvalue weighted by Crippen LogP contribution is -2.34. The van der Waals surface area contributed by atoms with Gasteiger partial charge in [-0.05, 0) is 24.3 Å². The van der Waals surface area contributed by atoms with E-state index in [1.807, 2.05) is 5.32 Å². The molecule has 3 rings (SSSR count). The Bertz CT molecular complexity index is 930. The van der Waals surface area contributed by atoms with Crippen LogP contribution in [0.5, 0.6) is 0 Å². The van der Waals surface area contributed by atoms with Crippen LogP contribution in [-0.4, -0.2) is 31.2 Å². The first-order valence-electron chi connectivity index (χ1n) is 5.78. The zero-order valence-electron chi connectivity index (χ0n) is 10.4. The van der Waals surface area contributed by atoms with Crippen molar-refractivity contribution >= 4 is 32.9 Å². The van der Waals surface area contributed by atoms with Crippen LogP contribution in [0.25, 0.3) is 11.0 Å². The van der Waals surface area contributed by atoms with Gasteiger partial charge in [0.05, 0.1) is 4.90 Å². The summed E-state index contributed by atoms with van der Waals surface area (Å²) in [5.41, 5.74) is -0.328. The van der Waals surface area contributed by atoms with Gasteiger partial charge < -0.3 is 4.42 Å². The highest BCUT2D eigenvalue weighted by Gasteiger charge is 2.37. The van der Waals surface area contributed by atoms with Gasteiger partial charge >= 0.3 is 11.7 Å². The summed E-state index contributed by atoms with van der Waals surface area (Å²) in [5.74, 6) is -0.685. The monoisotopic (exact) mass is 308 g/mol. The number of nitrogens with one attached hydrogen (secondary N) is 1. The summed E-state index contributed by atoms with van der Waals surface area (Å²) in [6.45, 7) is -0.553. The minimum absolute atomic E-state index is 0.173. The average molecular weight is 308 g/mol. The lowest BCUT2D eigenvalue weighted by atomic mass is 10.2. The van der Waals surface area contributed by atoms with E-state index in [2.05, 4.69) is 0 Å². The fraction of sp³-hybridized carbons (Fsp3) is 0.0833. The number of carbonyl (C=O) groups excluding carboxylic acids is 2. The van der Waals surface area contributed by atoms with Crippen molar-refractivity contribution in [2.75, 3.05) is 6.54 Å². The third-order valence-electron chi connectivity index (χ3n) is 2.94. The summed E-state index contributed by atoms with van der Waals surface area (Å²) < 4.78 is 30.0. The maximum Gasteiger partial charge on any atom is 0.338 e. The molecule has 1 saturated heterocycles. The number of benzene rings is 1. The van der Waals surface area contributed by atoms with Gasteiger partial charge in [0, 0.05) is 11.5 Å². The molecule has 8 nitrogen and oxygen atoms in total. The van der Waals surface area contributed by atoms with Gasteiger partial charge in [0.2, 0.25) is 5.91 Å². The van der Waals surface area contributed by atoms with Gasteiger partial charge in [-0.1, -0.05) is 0 Å². The van der Waals surface area contributed by atoms with Crippen molar-refractivity contribution in [1.82, 2.24) is 9.62 Å². The summed E-state index contributed by atoms with van der Waals surface area (Å²) >= 11 is 0. The van der Waals surface area contributed by atoms with Crippen molar-refractivity contribution in [1.29, 1.82) is 0 Å². The van der Waals surface area contributed by atoms with E-state index in [-0.39, 0.29) is 10.5 Å². The van der Waals surface area contributed by atoms with Gasteiger partial charge in [0.25, 0.3) is 10.0 Å². The van der Waals surface area contributed by atoms with Crippen molar-refractivity contribution in [3.8, 4) is 0 Å². The van der Waals surface area contributed by atoms with Crippen LogP contribution in [0, 0.1) is 0 Å². The van der Waals surface area contributed by atoms with Crippen LogP contribution in [0.15, 0.2) is 44.4 Å². The van der Waals surface area contributed by atoms with Gasteiger partial charge in [0.1, 0.15) is 12.1 Å². The van der Waals surface area contributed by atoms with Gasteiger partial charge in [0.15, 0.2) is 0 Å². The van der Waals surface area contributed by atoms with E-state index in [4.69, 9.17) is 4.42 Å². The van der Waals surface area contributed by atoms with Gasteiger partial charge in [-0.2, -0.15) is 0 Å². The Morgan fingerprint density at radius 2 is 1.86 bits per heavy atom. The van der Waals surface area contributed by atoms with Gasteiger partial charge in [-0.25, -0.2) is 22.3 Å². The minimum Gasteiger partial charge on any atom is -0.423 e. The summed E-state index contributed by atoms with van der Waals surface area (Å²) in [4.78, 5) is 33.5. The number of hydrogen-bond donors (Lipinski definition) is 1. The van der Waals surface area contributed by atoms with Crippen molar-refractivity contribution in [2.24, 2.45) is 0 Å². The molecule has 1 aliphatic heterocycles. The van der Waals surface area contributed by atoms with E-state index in [1.54, 1.807) is 0 Å². The normalized spacial score (nSPS) is 15.5. The minimum atomic E-state index is -4.14. The second-order valence-electron chi connectivity index (χ2n) is 4.32. The maximum absolute atomic E-state index is 12.3. The van der Waals surface area contributed by atoms with Crippen LogP contribution in [-0.2, 0) is 14.8 Å². The zero-order chi connectivity index (χ0) is 15.2. The lowest BCUT2D eigenvalue weighted by Gasteiger charge is -2.14. The molecule has 1 aromatic carbocycles. The number of hydrogen-bond acceptors (Lipinski definition) is 6. The highest BCUT2D eigenvalue weighted by atomic mass is 32.2. The zero-order valence-corrected chi connectivity index (χ0v) is 11.2. The van der Waals surface area contributed by atoms with Crippen molar-refractivity contribution in [3.05, 3.63) is 40.8 Å². The number of fused-ring (bicyclic) bond motifs is 1. The molecule has 3 amide bonds. The molecule has 0 saturated carbocycles. The smallest absolute Gasteiger partial charge is 0.338 e. The van der Waals surface area contributed by atoms with Crippen LogP contribution in [0.2, 0.25) is 0 Å². The van der Waals surface area contributed by atoms with E-state index >= 15 is 0 Å². The van der Waals surface area contributed by atoms with E-state index < -0.39 is 34.1 Å². The van der Waals surface area contributed by atoms with Crippen LogP contribution in [0.4, 0.5) is 4.79 Å². The lowest BCUT2D eigenvalue weighted by molar-refractivity contribution is -0.118. The Hall–Kier alpha value is -2.68. The molecule has 0 atom stereocenters. The SMILES string of the molecule is O=C1CN(S(=O)(=O)c2ccc3oc(=O)ccc3c2)C(=O)N1. The molecule has 0 unspecified atom stereocenters. The van der Waals surface area contributed by atoms with E-state index in [1.165, 1.54) is 24.3 Å². The van der Waals surface area contributed by atoms with Crippen molar-refractivity contribution < 1.29 is 22.4 Å². The highest BCUT2D eigenvalue weighted by Crippen LogP contribution is 2.22. The quantitative estimate of drug-likeness (QED) is 0.618. The fourth-order valence-corrected chi connectivity index (χ4v) is 3.28. The number of amides is 3. The Balaban J connectivity index is 2.11. The standard InChI is InChI=1S/C12H8N2O6S/c15-10-6-14(12(17)13-10)21(18,19)8-2-3-9-7(5-8)1-4-11(16)20-9/h1-5H,6H2,(H,13,15,17). The molecular formula is C12H8N2O6S. The molecule has 0 aliphatic carbocycles. The molecule has 21 heavy (non-hydrogen) atoms. The first-order chi connectivity index (χ1) is 9.88. The summed E-state index contributed by atoms with van der Waals surface area (Å²) in [6, 6.07) is 5.37.